The molecule has 21 heavy (non-hydrogen) atoms. The summed E-state index contributed by atoms with van der Waals surface area (Å²) in [7, 11) is 1.62. The number of rotatable bonds is 6. The molecule has 0 heterocycles. The summed E-state index contributed by atoms with van der Waals surface area (Å²) in [5, 5.41) is 9.91. The van der Waals surface area contributed by atoms with Crippen LogP contribution in [0.5, 0.6) is 5.75 Å². The van der Waals surface area contributed by atoms with Gasteiger partial charge in [0, 0.05) is 5.02 Å². The van der Waals surface area contributed by atoms with Gasteiger partial charge in [-0.3, -0.25) is 4.79 Å². The zero-order chi connectivity index (χ0) is 15.3. The highest BCUT2D eigenvalue weighted by Crippen LogP contribution is 2.43. The number of aliphatic carboxylic acids is 1. The lowest BCUT2D eigenvalue weighted by Crippen LogP contribution is -2.28. The van der Waals surface area contributed by atoms with E-state index in [2.05, 4.69) is 0 Å². The molecule has 2 rings (SSSR count). The van der Waals surface area contributed by atoms with Crippen LogP contribution in [0.15, 0.2) is 18.2 Å². The Kier molecular flexibility index (Phi) is 5.51. The Morgan fingerprint density at radius 3 is 2.62 bits per heavy atom. The lowest BCUT2D eigenvalue weighted by atomic mass is 9.68. The quantitative estimate of drug-likeness (QED) is 0.828. The fourth-order valence-electron chi connectivity index (χ4n) is 3.40. The monoisotopic (exact) mass is 310 g/mol. The SMILES string of the molecule is COc1ccc(CCC2(CC(=O)O)CCCCC2)c(Cl)c1. The number of benzene rings is 1. The van der Waals surface area contributed by atoms with Crippen LogP contribution < -0.4 is 4.74 Å². The van der Waals surface area contributed by atoms with E-state index in [4.69, 9.17) is 16.3 Å². The third-order valence-corrected chi connectivity index (χ3v) is 4.98. The Morgan fingerprint density at radius 2 is 2.05 bits per heavy atom. The molecule has 1 N–H and O–H groups in total. The molecule has 0 bridgehead atoms. The van der Waals surface area contributed by atoms with Gasteiger partial charge in [0.05, 0.1) is 13.5 Å². The second kappa shape index (κ2) is 7.17. The van der Waals surface area contributed by atoms with Crippen LogP contribution in [0.2, 0.25) is 5.02 Å². The van der Waals surface area contributed by atoms with Crippen LogP contribution >= 0.6 is 11.6 Å². The van der Waals surface area contributed by atoms with E-state index in [0.29, 0.717) is 5.02 Å². The number of aryl methyl sites for hydroxylation is 1. The highest BCUT2D eigenvalue weighted by Gasteiger charge is 2.34. The Morgan fingerprint density at radius 1 is 1.33 bits per heavy atom. The standard InChI is InChI=1S/C17H23ClO3/c1-21-14-6-5-13(15(18)11-14)7-10-17(12-16(19)20)8-3-2-4-9-17/h5-6,11H,2-4,7-10,12H2,1H3,(H,19,20). The molecule has 0 radical (unpaired) electrons. The third kappa shape index (κ3) is 4.37. The topological polar surface area (TPSA) is 46.5 Å². The Labute approximate surface area is 131 Å². The van der Waals surface area contributed by atoms with Crippen molar-refractivity contribution in [3.63, 3.8) is 0 Å². The first-order chi connectivity index (χ1) is 10.0. The van der Waals surface area contributed by atoms with Crippen molar-refractivity contribution in [1.82, 2.24) is 0 Å². The van der Waals surface area contributed by atoms with Gasteiger partial charge in [0.15, 0.2) is 0 Å². The van der Waals surface area contributed by atoms with Crippen molar-refractivity contribution in [3.05, 3.63) is 28.8 Å². The molecule has 1 aromatic carbocycles. The molecule has 1 fully saturated rings. The van der Waals surface area contributed by atoms with Crippen LogP contribution in [-0.2, 0) is 11.2 Å². The lowest BCUT2D eigenvalue weighted by Gasteiger charge is -2.36. The van der Waals surface area contributed by atoms with Gasteiger partial charge >= 0.3 is 5.97 Å². The number of carboxylic acid groups (broad SMARTS) is 1. The fourth-order valence-corrected chi connectivity index (χ4v) is 3.66. The Balaban J connectivity index is 2.06. The van der Waals surface area contributed by atoms with Gasteiger partial charge in [0.2, 0.25) is 0 Å². The van der Waals surface area contributed by atoms with E-state index < -0.39 is 5.97 Å². The summed E-state index contributed by atoms with van der Waals surface area (Å²) >= 11 is 6.28. The van der Waals surface area contributed by atoms with E-state index in [-0.39, 0.29) is 11.8 Å². The molecule has 1 aliphatic rings. The van der Waals surface area contributed by atoms with Gasteiger partial charge in [-0.05, 0) is 48.8 Å². The van der Waals surface area contributed by atoms with Crippen molar-refractivity contribution >= 4 is 17.6 Å². The Bertz CT molecular complexity index is 493. The number of hydrogen-bond acceptors (Lipinski definition) is 2. The number of halogens is 1. The van der Waals surface area contributed by atoms with Crippen molar-refractivity contribution < 1.29 is 14.6 Å². The molecule has 0 atom stereocenters. The summed E-state index contributed by atoms with van der Waals surface area (Å²) in [6.45, 7) is 0. The van der Waals surface area contributed by atoms with Gasteiger partial charge in [-0.25, -0.2) is 0 Å². The first kappa shape index (κ1) is 16.2. The lowest BCUT2D eigenvalue weighted by molar-refractivity contribution is -0.140. The highest BCUT2D eigenvalue weighted by molar-refractivity contribution is 6.31. The van der Waals surface area contributed by atoms with Crippen LogP contribution in [0, 0.1) is 5.41 Å². The maximum absolute atomic E-state index is 11.2. The molecule has 3 nitrogen and oxygen atoms in total. The summed E-state index contributed by atoms with van der Waals surface area (Å²) in [6.07, 6.45) is 7.56. The van der Waals surface area contributed by atoms with Gasteiger partial charge in [-0.15, -0.1) is 0 Å². The van der Waals surface area contributed by atoms with Gasteiger partial charge < -0.3 is 9.84 Å². The predicted octanol–water partition coefficient (Wildman–Crippen LogP) is 4.71. The molecular formula is C17H23ClO3. The van der Waals surface area contributed by atoms with E-state index in [1.165, 1.54) is 6.42 Å². The molecule has 0 aliphatic heterocycles. The van der Waals surface area contributed by atoms with Crippen LogP contribution in [0.4, 0.5) is 0 Å². The van der Waals surface area contributed by atoms with E-state index in [1.54, 1.807) is 7.11 Å². The van der Waals surface area contributed by atoms with Crippen molar-refractivity contribution in [1.29, 1.82) is 0 Å². The normalized spacial score (nSPS) is 17.4. The molecule has 0 aromatic heterocycles. The van der Waals surface area contributed by atoms with Crippen molar-refractivity contribution in [2.45, 2.75) is 51.4 Å². The number of ether oxygens (including phenoxy) is 1. The number of methoxy groups -OCH3 is 1. The first-order valence-electron chi connectivity index (χ1n) is 7.59. The smallest absolute Gasteiger partial charge is 0.303 e. The molecule has 1 aromatic rings. The third-order valence-electron chi connectivity index (χ3n) is 4.63. The maximum atomic E-state index is 11.2. The molecule has 4 heteroatoms. The van der Waals surface area contributed by atoms with Crippen LogP contribution in [-0.4, -0.2) is 18.2 Å². The molecule has 116 valence electrons. The Hall–Kier alpha value is -1.22. The van der Waals surface area contributed by atoms with Crippen LogP contribution in [0.1, 0.15) is 50.5 Å². The maximum Gasteiger partial charge on any atom is 0.303 e. The van der Waals surface area contributed by atoms with E-state index in [1.807, 2.05) is 18.2 Å². The number of carbonyl (C=O) groups is 1. The predicted molar refractivity (Wildman–Crippen MR) is 84.1 cm³/mol. The fraction of sp³-hybridized carbons (Fsp3) is 0.588. The minimum Gasteiger partial charge on any atom is -0.497 e. The summed E-state index contributed by atoms with van der Waals surface area (Å²) in [5.74, 6) is 0.0689. The van der Waals surface area contributed by atoms with Crippen molar-refractivity contribution in [3.8, 4) is 5.75 Å². The summed E-state index contributed by atoms with van der Waals surface area (Å²) < 4.78 is 5.15. The average molecular weight is 311 g/mol. The second-order valence-electron chi connectivity index (χ2n) is 6.09. The largest absolute Gasteiger partial charge is 0.497 e. The molecule has 0 unspecified atom stereocenters. The average Bonchev–Trinajstić information content (AvgIpc) is 2.46. The second-order valence-corrected chi connectivity index (χ2v) is 6.50. The summed E-state index contributed by atoms with van der Waals surface area (Å²) in [4.78, 5) is 11.2. The zero-order valence-electron chi connectivity index (χ0n) is 12.5. The molecule has 0 saturated heterocycles. The van der Waals surface area contributed by atoms with Crippen molar-refractivity contribution in [2.24, 2.45) is 5.41 Å². The number of hydrogen-bond donors (Lipinski definition) is 1. The van der Waals surface area contributed by atoms with Gasteiger partial charge in [-0.1, -0.05) is 36.9 Å². The highest BCUT2D eigenvalue weighted by atomic mass is 35.5. The van der Waals surface area contributed by atoms with Crippen LogP contribution in [0.25, 0.3) is 0 Å². The molecule has 0 spiro atoms. The van der Waals surface area contributed by atoms with Crippen LogP contribution in [0.3, 0.4) is 0 Å². The van der Waals surface area contributed by atoms with E-state index in [0.717, 1.165) is 49.8 Å². The minimum absolute atomic E-state index is 0.0483. The zero-order valence-corrected chi connectivity index (χ0v) is 13.3. The van der Waals surface area contributed by atoms with Gasteiger partial charge in [0.1, 0.15) is 5.75 Å². The van der Waals surface area contributed by atoms with E-state index >= 15 is 0 Å². The van der Waals surface area contributed by atoms with Gasteiger partial charge in [0.25, 0.3) is 0 Å². The molecule has 1 saturated carbocycles. The van der Waals surface area contributed by atoms with Crippen molar-refractivity contribution in [2.75, 3.05) is 7.11 Å². The molecular weight excluding hydrogens is 288 g/mol. The minimum atomic E-state index is -0.683. The molecule has 1 aliphatic carbocycles. The summed E-state index contributed by atoms with van der Waals surface area (Å²) in [6, 6.07) is 5.71. The van der Waals surface area contributed by atoms with Gasteiger partial charge in [-0.2, -0.15) is 0 Å². The molecule has 0 amide bonds. The summed E-state index contributed by atoms with van der Waals surface area (Å²) in [5.41, 5.74) is 1.03. The number of carboxylic acids is 1. The van der Waals surface area contributed by atoms with E-state index in [9.17, 15) is 9.90 Å². The first-order valence-corrected chi connectivity index (χ1v) is 7.97.